The van der Waals surface area contributed by atoms with Crippen molar-refractivity contribution in [3.8, 4) is 0 Å². The van der Waals surface area contributed by atoms with E-state index in [2.05, 4.69) is 15.0 Å². The predicted octanol–water partition coefficient (Wildman–Crippen LogP) is 0.929. The smallest absolute Gasteiger partial charge is 0.307 e. The van der Waals surface area contributed by atoms with Gasteiger partial charge in [-0.3, -0.25) is 9.69 Å². The van der Waals surface area contributed by atoms with Gasteiger partial charge in [0.2, 0.25) is 5.89 Å². The summed E-state index contributed by atoms with van der Waals surface area (Å²) in [5.74, 6) is 0.304. The third kappa shape index (κ3) is 3.03. The van der Waals surface area contributed by atoms with Gasteiger partial charge in [-0.05, 0) is 19.4 Å². The van der Waals surface area contributed by atoms with Crippen LogP contribution in [-0.4, -0.2) is 39.2 Å². The molecule has 0 saturated carbocycles. The largest absolute Gasteiger partial charge is 0.481 e. The Balaban J connectivity index is 1.92. The van der Waals surface area contributed by atoms with Crippen molar-refractivity contribution in [1.29, 1.82) is 0 Å². The predicted molar refractivity (Wildman–Crippen MR) is 59.3 cm³/mol. The second kappa shape index (κ2) is 5.27. The highest BCUT2D eigenvalue weighted by atomic mass is 16.5. The Morgan fingerprint density at radius 1 is 1.65 bits per heavy atom. The number of aromatic nitrogens is 2. The molecule has 2 heterocycles. The molecule has 1 aromatic rings. The van der Waals surface area contributed by atoms with Crippen LogP contribution in [0.4, 0.5) is 0 Å². The molecule has 0 unspecified atom stereocenters. The highest BCUT2D eigenvalue weighted by molar-refractivity contribution is 5.70. The molecule has 1 aliphatic rings. The van der Waals surface area contributed by atoms with E-state index in [1.54, 1.807) is 0 Å². The van der Waals surface area contributed by atoms with E-state index in [1.807, 2.05) is 6.92 Å². The van der Waals surface area contributed by atoms with Crippen LogP contribution in [-0.2, 0) is 17.8 Å². The minimum atomic E-state index is -0.711. The summed E-state index contributed by atoms with van der Waals surface area (Å²) in [4.78, 5) is 17.2. The van der Waals surface area contributed by atoms with E-state index in [1.165, 1.54) is 0 Å². The van der Waals surface area contributed by atoms with Gasteiger partial charge >= 0.3 is 5.97 Å². The normalized spacial score (nSPS) is 21.6. The van der Waals surface area contributed by atoms with Crippen LogP contribution in [0.2, 0.25) is 0 Å². The average Bonchev–Trinajstić information content (AvgIpc) is 2.77. The minimum absolute atomic E-state index is 0.263. The van der Waals surface area contributed by atoms with Crippen LogP contribution < -0.4 is 0 Å². The van der Waals surface area contributed by atoms with Crippen LogP contribution in [0.25, 0.3) is 0 Å². The highest BCUT2D eigenvalue weighted by Gasteiger charge is 2.26. The fourth-order valence-corrected chi connectivity index (χ4v) is 2.10. The zero-order chi connectivity index (χ0) is 12.3. The number of aliphatic carboxylic acids is 1. The molecule has 1 saturated heterocycles. The van der Waals surface area contributed by atoms with E-state index in [0.29, 0.717) is 24.8 Å². The van der Waals surface area contributed by atoms with Gasteiger partial charge in [0.1, 0.15) is 0 Å². The van der Waals surface area contributed by atoms with Crippen molar-refractivity contribution in [3.63, 3.8) is 0 Å². The number of carboxylic acid groups (broad SMARTS) is 1. The summed E-state index contributed by atoms with van der Waals surface area (Å²) >= 11 is 0. The van der Waals surface area contributed by atoms with E-state index < -0.39 is 5.97 Å². The van der Waals surface area contributed by atoms with Gasteiger partial charge in [-0.25, -0.2) is 0 Å². The molecule has 0 aliphatic carbocycles. The van der Waals surface area contributed by atoms with E-state index >= 15 is 0 Å². The Morgan fingerprint density at radius 3 is 3.12 bits per heavy atom. The van der Waals surface area contributed by atoms with Crippen LogP contribution in [0.15, 0.2) is 4.52 Å². The maximum atomic E-state index is 10.9. The van der Waals surface area contributed by atoms with E-state index in [0.717, 1.165) is 25.8 Å². The first-order chi connectivity index (χ1) is 8.19. The molecule has 1 aromatic heterocycles. The summed E-state index contributed by atoms with van der Waals surface area (Å²) < 4.78 is 5.03. The van der Waals surface area contributed by atoms with E-state index in [-0.39, 0.29) is 5.92 Å². The number of piperidine rings is 1. The first-order valence-corrected chi connectivity index (χ1v) is 5.95. The van der Waals surface area contributed by atoms with Crippen LogP contribution in [0.1, 0.15) is 31.5 Å². The van der Waals surface area contributed by atoms with Gasteiger partial charge in [0, 0.05) is 13.0 Å². The highest BCUT2D eigenvalue weighted by Crippen LogP contribution is 2.18. The molecule has 0 bridgehead atoms. The molecule has 1 atom stereocenters. The lowest BCUT2D eigenvalue weighted by Crippen LogP contribution is -2.38. The summed E-state index contributed by atoms with van der Waals surface area (Å²) in [6.07, 6.45) is 2.40. The lowest BCUT2D eigenvalue weighted by molar-refractivity contribution is -0.143. The van der Waals surface area contributed by atoms with Crippen LogP contribution >= 0.6 is 0 Å². The van der Waals surface area contributed by atoms with Gasteiger partial charge in [-0.15, -0.1) is 0 Å². The average molecular weight is 239 g/mol. The summed E-state index contributed by atoms with van der Waals surface area (Å²) in [7, 11) is 0. The molecule has 6 nitrogen and oxygen atoms in total. The first kappa shape index (κ1) is 12.0. The number of aryl methyl sites for hydroxylation is 1. The second-order valence-electron chi connectivity index (χ2n) is 4.37. The first-order valence-electron chi connectivity index (χ1n) is 5.95. The van der Waals surface area contributed by atoms with Gasteiger partial charge in [-0.1, -0.05) is 12.1 Å². The fraction of sp³-hybridized carbons (Fsp3) is 0.727. The van der Waals surface area contributed by atoms with Crippen molar-refractivity contribution in [2.24, 2.45) is 5.92 Å². The molecule has 1 aliphatic heterocycles. The molecule has 94 valence electrons. The van der Waals surface area contributed by atoms with Crippen molar-refractivity contribution in [2.45, 2.75) is 32.7 Å². The monoisotopic (exact) mass is 239 g/mol. The Morgan fingerprint density at radius 2 is 2.47 bits per heavy atom. The maximum Gasteiger partial charge on any atom is 0.307 e. The Labute approximate surface area is 99.6 Å². The maximum absolute atomic E-state index is 10.9. The van der Waals surface area contributed by atoms with E-state index in [4.69, 9.17) is 9.63 Å². The third-order valence-electron chi connectivity index (χ3n) is 3.03. The van der Waals surface area contributed by atoms with Gasteiger partial charge in [0.15, 0.2) is 5.82 Å². The zero-order valence-electron chi connectivity index (χ0n) is 9.93. The quantitative estimate of drug-likeness (QED) is 0.842. The molecule has 0 radical (unpaired) electrons. The SMILES string of the molecule is CCc1nc(CN2CCC[C@H](C(=O)O)C2)no1. The third-order valence-corrected chi connectivity index (χ3v) is 3.03. The van der Waals surface area contributed by atoms with Crippen LogP contribution in [0.5, 0.6) is 0 Å². The number of nitrogens with zero attached hydrogens (tertiary/aromatic N) is 3. The van der Waals surface area contributed by atoms with Gasteiger partial charge in [0.05, 0.1) is 12.5 Å². The Kier molecular flexibility index (Phi) is 3.73. The molecular weight excluding hydrogens is 222 g/mol. The number of rotatable bonds is 4. The summed E-state index contributed by atoms with van der Waals surface area (Å²) in [5.41, 5.74) is 0. The van der Waals surface area contributed by atoms with Crippen LogP contribution in [0.3, 0.4) is 0 Å². The number of carbonyl (C=O) groups is 1. The second-order valence-corrected chi connectivity index (χ2v) is 4.37. The lowest BCUT2D eigenvalue weighted by atomic mass is 9.98. The van der Waals surface area contributed by atoms with Gasteiger partial charge in [0.25, 0.3) is 0 Å². The number of hydrogen-bond acceptors (Lipinski definition) is 5. The van der Waals surface area contributed by atoms with Crippen molar-refractivity contribution >= 4 is 5.97 Å². The molecule has 1 fully saturated rings. The minimum Gasteiger partial charge on any atom is -0.481 e. The lowest BCUT2D eigenvalue weighted by Gasteiger charge is -2.29. The van der Waals surface area contributed by atoms with Crippen molar-refractivity contribution in [3.05, 3.63) is 11.7 Å². The number of hydrogen-bond donors (Lipinski definition) is 1. The summed E-state index contributed by atoms with van der Waals surface area (Å²) in [5, 5.41) is 12.9. The molecule has 0 spiro atoms. The molecule has 2 rings (SSSR count). The molecule has 17 heavy (non-hydrogen) atoms. The van der Waals surface area contributed by atoms with Crippen molar-refractivity contribution in [1.82, 2.24) is 15.0 Å². The molecule has 1 N–H and O–H groups in total. The molecular formula is C11H17N3O3. The fourth-order valence-electron chi connectivity index (χ4n) is 2.10. The van der Waals surface area contributed by atoms with Crippen LogP contribution in [0, 0.1) is 5.92 Å². The Bertz CT molecular complexity index is 391. The zero-order valence-corrected chi connectivity index (χ0v) is 9.93. The Hall–Kier alpha value is -1.43. The molecule has 0 amide bonds. The van der Waals surface area contributed by atoms with Crippen molar-refractivity contribution in [2.75, 3.05) is 13.1 Å². The summed E-state index contributed by atoms with van der Waals surface area (Å²) in [6.45, 7) is 4.01. The van der Waals surface area contributed by atoms with Crippen molar-refractivity contribution < 1.29 is 14.4 Å². The topological polar surface area (TPSA) is 79.5 Å². The number of likely N-dealkylation sites (tertiary alicyclic amines) is 1. The molecule has 0 aromatic carbocycles. The number of carboxylic acids is 1. The summed E-state index contributed by atoms with van der Waals surface area (Å²) in [6, 6.07) is 0. The standard InChI is InChI=1S/C11H17N3O3/c1-2-10-12-9(13-17-10)7-14-5-3-4-8(6-14)11(15)16/h8H,2-7H2,1H3,(H,15,16)/t8-/m0/s1. The van der Waals surface area contributed by atoms with Gasteiger partial charge < -0.3 is 9.63 Å². The molecule has 6 heteroatoms. The van der Waals surface area contributed by atoms with Gasteiger partial charge in [-0.2, -0.15) is 4.98 Å². The van der Waals surface area contributed by atoms with E-state index in [9.17, 15) is 4.79 Å².